The highest BCUT2D eigenvalue weighted by molar-refractivity contribution is 5.83. The molecule has 0 aromatic rings. The van der Waals surface area contributed by atoms with Gasteiger partial charge in [-0.2, -0.15) is 0 Å². The standard InChI is InChI=1S/C7H11NO5/c1-6(9)13-7(10)4-2-3-5-8(11)12/h2-5H2,1H3. The van der Waals surface area contributed by atoms with Crippen molar-refractivity contribution >= 4 is 11.9 Å². The van der Waals surface area contributed by atoms with Gasteiger partial charge in [0, 0.05) is 24.7 Å². The Hall–Kier alpha value is -1.46. The summed E-state index contributed by atoms with van der Waals surface area (Å²) in [6, 6.07) is 0. The first-order valence-corrected chi connectivity index (χ1v) is 3.85. The van der Waals surface area contributed by atoms with Crippen LogP contribution in [0.15, 0.2) is 0 Å². The molecule has 74 valence electrons. The molecule has 0 saturated heterocycles. The van der Waals surface area contributed by atoms with Crippen LogP contribution in [0.4, 0.5) is 0 Å². The van der Waals surface area contributed by atoms with Crippen LogP contribution in [-0.4, -0.2) is 23.4 Å². The summed E-state index contributed by atoms with van der Waals surface area (Å²) in [4.78, 5) is 30.3. The van der Waals surface area contributed by atoms with E-state index in [4.69, 9.17) is 0 Å². The SMILES string of the molecule is CC(=O)OC(=O)CCCC[N+](=O)[O-]. The predicted molar refractivity (Wildman–Crippen MR) is 42.5 cm³/mol. The Morgan fingerprint density at radius 3 is 2.46 bits per heavy atom. The monoisotopic (exact) mass is 189 g/mol. The Labute approximate surface area is 75.0 Å². The number of hydrogen-bond donors (Lipinski definition) is 0. The third-order valence-corrected chi connectivity index (χ3v) is 1.23. The van der Waals surface area contributed by atoms with Gasteiger partial charge >= 0.3 is 11.9 Å². The van der Waals surface area contributed by atoms with E-state index < -0.39 is 16.9 Å². The summed E-state index contributed by atoms with van der Waals surface area (Å²) in [6.45, 7) is 0.974. The molecular formula is C7H11NO5. The summed E-state index contributed by atoms with van der Waals surface area (Å²) in [6.07, 6.45) is 0.737. The molecule has 0 radical (unpaired) electrons. The molecule has 13 heavy (non-hydrogen) atoms. The second-order valence-electron chi connectivity index (χ2n) is 2.48. The number of ether oxygens (including phenoxy) is 1. The summed E-state index contributed by atoms with van der Waals surface area (Å²) >= 11 is 0. The van der Waals surface area contributed by atoms with Crippen LogP contribution in [0.5, 0.6) is 0 Å². The summed E-state index contributed by atoms with van der Waals surface area (Å²) in [5.41, 5.74) is 0. The van der Waals surface area contributed by atoms with E-state index in [1.807, 2.05) is 0 Å². The fourth-order valence-corrected chi connectivity index (χ4v) is 0.722. The number of unbranched alkanes of at least 4 members (excludes halogenated alkanes) is 1. The number of nitro groups is 1. The smallest absolute Gasteiger partial charge is 0.313 e. The van der Waals surface area contributed by atoms with Gasteiger partial charge in [-0.05, 0) is 6.42 Å². The highest BCUT2D eigenvalue weighted by Gasteiger charge is 2.06. The van der Waals surface area contributed by atoms with Crippen LogP contribution < -0.4 is 0 Å². The lowest BCUT2D eigenvalue weighted by molar-refractivity contribution is -0.480. The van der Waals surface area contributed by atoms with E-state index in [2.05, 4.69) is 4.74 Å². The predicted octanol–water partition coefficient (Wildman–Crippen LogP) is 0.523. The van der Waals surface area contributed by atoms with Gasteiger partial charge in [0.2, 0.25) is 6.54 Å². The van der Waals surface area contributed by atoms with Crippen LogP contribution in [-0.2, 0) is 14.3 Å². The number of carbonyl (C=O) groups excluding carboxylic acids is 2. The Kier molecular flexibility index (Phi) is 5.42. The molecule has 0 aromatic heterocycles. The van der Waals surface area contributed by atoms with Gasteiger partial charge in [0.25, 0.3) is 0 Å². The summed E-state index contributed by atoms with van der Waals surface area (Å²) in [5.74, 6) is -1.28. The molecule has 0 fully saturated rings. The molecule has 0 atom stereocenters. The van der Waals surface area contributed by atoms with Gasteiger partial charge in [-0.1, -0.05) is 0 Å². The Morgan fingerprint density at radius 1 is 1.38 bits per heavy atom. The first-order valence-electron chi connectivity index (χ1n) is 3.85. The normalized spacial score (nSPS) is 9.31. The van der Waals surface area contributed by atoms with E-state index in [1.54, 1.807) is 0 Å². The Bertz CT molecular complexity index is 213. The van der Waals surface area contributed by atoms with Gasteiger partial charge in [0.05, 0.1) is 0 Å². The third kappa shape index (κ3) is 8.45. The third-order valence-electron chi connectivity index (χ3n) is 1.23. The van der Waals surface area contributed by atoms with Gasteiger partial charge in [-0.3, -0.25) is 19.7 Å². The Balaban J connectivity index is 3.37. The van der Waals surface area contributed by atoms with Crippen LogP contribution in [0.3, 0.4) is 0 Å². The van der Waals surface area contributed by atoms with Gasteiger partial charge < -0.3 is 4.74 Å². The minimum atomic E-state index is -0.653. The first kappa shape index (κ1) is 11.5. The van der Waals surface area contributed by atoms with E-state index in [0.717, 1.165) is 6.92 Å². The molecule has 0 rings (SSSR count). The van der Waals surface area contributed by atoms with Crippen molar-refractivity contribution in [3.05, 3.63) is 10.1 Å². The van der Waals surface area contributed by atoms with E-state index >= 15 is 0 Å². The number of esters is 2. The molecule has 0 unspecified atom stereocenters. The van der Waals surface area contributed by atoms with Crippen LogP contribution >= 0.6 is 0 Å². The van der Waals surface area contributed by atoms with Crippen LogP contribution in [0.25, 0.3) is 0 Å². The lowest BCUT2D eigenvalue weighted by atomic mass is 10.2. The molecular weight excluding hydrogens is 178 g/mol. The van der Waals surface area contributed by atoms with E-state index in [9.17, 15) is 19.7 Å². The van der Waals surface area contributed by atoms with E-state index in [-0.39, 0.29) is 13.0 Å². The fourth-order valence-electron chi connectivity index (χ4n) is 0.722. The minimum Gasteiger partial charge on any atom is -0.393 e. The summed E-state index contributed by atoms with van der Waals surface area (Å²) < 4.78 is 4.21. The maximum absolute atomic E-state index is 10.7. The molecule has 0 heterocycles. The van der Waals surface area contributed by atoms with Crippen molar-refractivity contribution in [2.45, 2.75) is 26.2 Å². The van der Waals surface area contributed by atoms with Crippen LogP contribution in [0, 0.1) is 10.1 Å². The topological polar surface area (TPSA) is 86.5 Å². The molecule has 0 bridgehead atoms. The molecule has 0 aromatic carbocycles. The minimum absolute atomic E-state index is 0.0490. The van der Waals surface area contributed by atoms with Gasteiger partial charge in [-0.15, -0.1) is 0 Å². The van der Waals surface area contributed by atoms with Crippen molar-refractivity contribution in [3.63, 3.8) is 0 Å². The zero-order valence-corrected chi connectivity index (χ0v) is 7.32. The van der Waals surface area contributed by atoms with E-state index in [1.165, 1.54) is 0 Å². The largest absolute Gasteiger partial charge is 0.393 e. The maximum atomic E-state index is 10.7. The summed E-state index contributed by atoms with van der Waals surface area (Å²) in [7, 11) is 0. The molecule has 6 heteroatoms. The maximum Gasteiger partial charge on any atom is 0.313 e. The molecule has 0 aliphatic heterocycles. The number of rotatable bonds is 5. The number of carbonyl (C=O) groups is 2. The molecule has 0 spiro atoms. The Morgan fingerprint density at radius 2 is 2.00 bits per heavy atom. The van der Waals surface area contributed by atoms with Gasteiger partial charge in [0.15, 0.2) is 0 Å². The number of nitrogens with zero attached hydrogens (tertiary/aromatic N) is 1. The fraction of sp³-hybridized carbons (Fsp3) is 0.714. The second-order valence-corrected chi connectivity index (χ2v) is 2.48. The lowest BCUT2D eigenvalue weighted by Gasteiger charge is -1.97. The molecule has 6 nitrogen and oxygen atoms in total. The zero-order valence-electron chi connectivity index (χ0n) is 7.32. The highest BCUT2D eigenvalue weighted by Crippen LogP contribution is 1.97. The average Bonchev–Trinajstić information content (AvgIpc) is 1.96. The lowest BCUT2D eigenvalue weighted by Crippen LogP contribution is -2.09. The number of hydrogen-bond acceptors (Lipinski definition) is 5. The van der Waals surface area contributed by atoms with Crippen molar-refractivity contribution in [2.24, 2.45) is 0 Å². The molecule has 0 aliphatic carbocycles. The summed E-state index contributed by atoms with van der Waals surface area (Å²) in [5, 5.41) is 9.86. The molecule has 0 amide bonds. The van der Waals surface area contributed by atoms with Crippen molar-refractivity contribution in [1.82, 2.24) is 0 Å². The molecule has 0 N–H and O–H groups in total. The highest BCUT2D eigenvalue weighted by atomic mass is 16.6. The second kappa shape index (κ2) is 6.10. The van der Waals surface area contributed by atoms with Gasteiger partial charge in [-0.25, -0.2) is 0 Å². The van der Waals surface area contributed by atoms with Crippen molar-refractivity contribution in [3.8, 4) is 0 Å². The first-order chi connectivity index (χ1) is 6.02. The van der Waals surface area contributed by atoms with Crippen LogP contribution in [0.1, 0.15) is 26.2 Å². The van der Waals surface area contributed by atoms with Crippen molar-refractivity contribution in [2.75, 3.05) is 6.54 Å². The molecule has 0 saturated carbocycles. The zero-order chi connectivity index (χ0) is 10.3. The average molecular weight is 189 g/mol. The van der Waals surface area contributed by atoms with Crippen LogP contribution in [0.2, 0.25) is 0 Å². The van der Waals surface area contributed by atoms with Crippen molar-refractivity contribution in [1.29, 1.82) is 0 Å². The molecule has 0 aliphatic rings. The van der Waals surface area contributed by atoms with Crippen molar-refractivity contribution < 1.29 is 19.2 Å². The van der Waals surface area contributed by atoms with E-state index in [0.29, 0.717) is 12.8 Å². The quantitative estimate of drug-likeness (QED) is 0.207. The van der Waals surface area contributed by atoms with Gasteiger partial charge in [0.1, 0.15) is 0 Å².